The van der Waals surface area contributed by atoms with Gasteiger partial charge in [-0.1, -0.05) is 40.2 Å². The van der Waals surface area contributed by atoms with Crippen LogP contribution in [0, 0.1) is 0 Å². The van der Waals surface area contributed by atoms with Crippen molar-refractivity contribution in [3.8, 4) is 17.0 Å². The molecule has 29 heavy (non-hydrogen) atoms. The number of phenolic OH excluding ortho intramolecular Hbond substituents is 1. The Labute approximate surface area is 176 Å². The van der Waals surface area contributed by atoms with Gasteiger partial charge in [0.05, 0.1) is 12.1 Å². The molecule has 2 aliphatic heterocycles. The first-order valence-corrected chi connectivity index (χ1v) is 10.5. The van der Waals surface area contributed by atoms with E-state index in [1.807, 2.05) is 41.3 Å². The summed E-state index contributed by atoms with van der Waals surface area (Å²) < 4.78 is 6.76. The fraction of sp³-hybridized carbons (Fsp3) is 0.273. The maximum Gasteiger partial charge on any atom is 0.273 e. The van der Waals surface area contributed by atoms with Gasteiger partial charge >= 0.3 is 0 Å². The molecule has 3 aromatic rings. The zero-order chi connectivity index (χ0) is 20.0. The normalized spacial score (nSPS) is 21.0. The number of H-pyrrole nitrogens is 1. The molecule has 148 valence electrons. The van der Waals surface area contributed by atoms with E-state index in [0.717, 1.165) is 35.0 Å². The lowest BCUT2D eigenvalue weighted by Crippen LogP contribution is -2.36. The van der Waals surface area contributed by atoms with Gasteiger partial charge in [0.15, 0.2) is 0 Å². The van der Waals surface area contributed by atoms with Crippen LogP contribution >= 0.6 is 15.9 Å². The Bertz CT molecular complexity index is 1070. The molecular weight excluding hydrogens is 434 g/mol. The average Bonchev–Trinajstić information content (AvgIpc) is 3.42. The molecule has 1 aromatic heterocycles. The molecule has 2 N–H and O–H groups in total. The standard InChI is InChI=1S/C22H20BrN3O3/c23-14-6-3-5-13(11-14)21-18-19(16-8-1-2-9-17(16)27)24-25-20(18)22(28)26(21)12-15-7-4-10-29-15/h1-3,5-6,8-9,11,15,21,27H,4,7,10,12H2,(H,24,25)/t15-,21+/m0/s1. The maximum absolute atomic E-state index is 13.3. The second kappa shape index (κ2) is 7.31. The van der Waals surface area contributed by atoms with E-state index in [1.54, 1.807) is 12.1 Å². The molecule has 0 unspecified atom stereocenters. The third kappa shape index (κ3) is 3.14. The number of fused-ring (bicyclic) bond motifs is 1. The van der Waals surface area contributed by atoms with Crippen LogP contribution in [0.15, 0.2) is 53.0 Å². The van der Waals surface area contributed by atoms with Crippen molar-refractivity contribution in [1.82, 2.24) is 15.1 Å². The summed E-state index contributed by atoms with van der Waals surface area (Å²) in [6.45, 7) is 1.27. The highest BCUT2D eigenvalue weighted by Crippen LogP contribution is 2.45. The van der Waals surface area contributed by atoms with Crippen molar-refractivity contribution in [2.24, 2.45) is 0 Å². The first-order chi connectivity index (χ1) is 14.1. The van der Waals surface area contributed by atoms with Crippen LogP contribution in [-0.2, 0) is 4.74 Å². The molecule has 0 saturated carbocycles. The van der Waals surface area contributed by atoms with Gasteiger partial charge in [0, 0.05) is 28.8 Å². The predicted octanol–water partition coefficient (Wildman–Crippen LogP) is 4.27. The van der Waals surface area contributed by atoms with Crippen LogP contribution in [0.5, 0.6) is 5.75 Å². The van der Waals surface area contributed by atoms with E-state index in [2.05, 4.69) is 26.1 Å². The Hall–Kier alpha value is -2.64. The fourth-order valence-electron chi connectivity index (χ4n) is 4.30. The number of amides is 1. The molecule has 0 aliphatic carbocycles. The van der Waals surface area contributed by atoms with Gasteiger partial charge < -0.3 is 14.7 Å². The van der Waals surface area contributed by atoms with Crippen molar-refractivity contribution in [2.75, 3.05) is 13.2 Å². The number of halogens is 1. The number of carbonyl (C=O) groups is 1. The molecule has 5 rings (SSSR count). The van der Waals surface area contributed by atoms with Crippen LogP contribution in [-0.4, -0.2) is 45.4 Å². The number of aromatic hydroxyl groups is 1. The number of nitrogens with zero attached hydrogens (tertiary/aromatic N) is 2. The van der Waals surface area contributed by atoms with Gasteiger partial charge in [-0.2, -0.15) is 5.10 Å². The van der Waals surface area contributed by atoms with Gasteiger partial charge in [-0.15, -0.1) is 0 Å². The van der Waals surface area contributed by atoms with Crippen LogP contribution in [0.4, 0.5) is 0 Å². The Morgan fingerprint density at radius 1 is 1.24 bits per heavy atom. The van der Waals surface area contributed by atoms with E-state index in [9.17, 15) is 9.90 Å². The fourth-order valence-corrected chi connectivity index (χ4v) is 4.71. The van der Waals surface area contributed by atoms with Crippen LogP contribution in [0.3, 0.4) is 0 Å². The van der Waals surface area contributed by atoms with Crippen molar-refractivity contribution in [3.63, 3.8) is 0 Å². The molecule has 2 atom stereocenters. The van der Waals surface area contributed by atoms with E-state index in [4.69, 9.17) is 4.74 Å². The molecule has 1 amide bonds. The van der Waals surface area contributed by atoms with E-state index in [1.165, 1.54) is 0 Å². The van der Waals surface area contributed by atoms with Gasteiger partial charge in [0.1, 0.15) is 17.1 Å². The number of aromatic nitrogens is 2. The summed E-state index contributed by atoms with van der Waals surface area (Å²) in [5, 5.41) is 17.7. The van der Waals surface area contributed by atoms with Crippen LogP contribution in [0.2, 0.25) is 0 Å². The smallest absolute Gasteiger partial charge is 0.273 e. The molecule has 1 saturated heterocycles. The number of benzene rings is 2. The first-order valence-electron chi connectivity index (χ1n) is 9.68. The number of aromatic amines is 1. The third-order valence-electron chi connectivity index (χ3n) is 5.61. The van der Waals surface area contributed by atoms with Crippen LogP contribution in [0.1, 0.15) is 40.5 Å². The van der Waals surface area contributed by atoms with Crippen molar-refractivity contribution in [3.05, 3.63) is 69.8 Å². The van der Waals surface area contributed by atoms with Crippen molar-refractivity contribution < 1.29 is 14.6 Å². The van der Waals surface area contributed by atoms with Gasteiger partial charge in [0.25, 0.3) is 5.91 Å². The number of carbonyl (C=O) groups excluding carboxylic acids is 1. The Kier molecular flexibility index (Phi) is 4.64. The highest BCUT2D eigenvalue weighted by atomic mass is 79.9. The van der Waals surface area contributed by atoms with Gasteiger partial charge in [-0.3, -0.25) is 9.89 Å². The number of rotatable bonds is 4. The number of ether oxygens (including phenoxy) is 1. The van der Waals surface area contributed by atoms with Gasteiger partial charge in [-0.25, -0.2) is 0 Å². The largest absolute Gasteiger partial charge is 0.507 e. The summed E-state index contributed by atoms with van der Waals surface area (Å²) >= 11 is 3.55. The molecule has 2 aromatic carbocycles. The van der Waals surface area contributed by atoms with Crippen molar-refractivity contribution in [1.29, 1.82) is 0 Å². The summed E-state index contributed by atoms with van der Waals surface area (Å²) in [5.74, 6) is 0.0504. The summed E-state index contributed by atoms with van der Waals surface area (Å²) in [5.41, 5.74) is 3.48. The van der Waals surface area contributed by atoms with Gasteiger partial charge in [0.2, 0.25) is 0 Å². The summed E-state index contributed by atoms with van der Waals surface area (Å²) in [6, 6.07) is 14.7. The zero-order valence-electron chi connectivity index (χ0n) is 15.6. The average molecular weight is 454 g/mol. The molecule has 0 spiro atoms. The highest BCUT2D eigenvalue weighted by molar-refractivity contribution is 9.10. The molecule has 7 heteroatoms. The lowest BCUT2D eigenvalue weighted by molar-refractivity contribution is 0.0495. The molecule has 2 aliphatic rings. The molecular formula is C22H20BrN3O3. The van der Waals surface area contributed by atoms with Gasteiger partial charge in [-0.05, 0) is 42.7 Å². The summed E-state index contributed by atoms with van der Waals surface area (Å²) in [6.07, 6.45) is 2.01. The summed E-state index contributed by atoms with van der Waals surface area (Å²) in [7, 11) is 0. The minimum absolute atomic E-state index is 0.0409. The highest BCUT2D eigenvalue weighted by Gasteiger charge is 2.43. The number of phenols is 1. The first kappa shape index (κ1) is 18.4. The Morgan fingerprint density at radius 3 is 2.86 bits per heavy atom. The van der Waals surface area contributed by atoms with E-state index in [-0.39, 0.29) is 23.8 Å². The van der Waals surface area contributed by atoms with E-state index < -0.39 is 0 Å². The quantitative estimate of drug-likeness (QED) is 0.618. The lowest BCUT2D eigenvalue weighted by Gasteiger charge is -2.28. The lowest BCUT2D eigenvalue weighted by atomic mass is 9.95. The Balaban J connectivity index is 1.65. The van der Waals surface area contributed by atoms with Crippen molar-refractivity contribution >= 4 is 21.8 Å². The summed E-state index contributed by atoms with van der Waals surface area (Å²) in [4.78, 5) is 15.2. The molecule has 3 heterocycles. The number of hydrogen-bond donors (Lipinski definition) is 2. The monoisotopic (exact) mass is 453 g/mol. The number of nitrogens with one attached hydrogen (secondary N) is 1. The van der Waals surface area contributed by atoms with Crippen LogP contribution < -0.4 is 0 Å². The van der Waals surface area contributed by atoms with Crippen LogP contribution in [0.25, 0.3) is 11.3 Å². The Morgan fingerprint density at radius 2 is 2.10 bits per heavy atom. The molecule has 6 nitrogen and oxygen atoms in total. The third-order valence-corrected chi connectivity index (χ3v) is 6.10. The second-order valence-corrected chi connectivity index (χ2v) is 8.34. The number of para-hydroxylation sites is 1. The van der Waals surface area contributed by atoms with E-state index in [0.29, 0.717) is 23.5 Å². The van der Waals surface area contributed by atoms with Crippen molar-refractivity contribution in [2.45, 2.75) is 25.0 Å². The molecule has 1 fully saturated rings. The topological polar surface area (TPSA) is 78.5 Å². The molecule has 0 bridgehead atoms. The molecule has 0 radical (unpaired) electrons. The zero-order valence-corrected chi connectivity index (χ0v) is 17.2. The SMILES string of the molecule is O=C1c2[nH]nc(-c3ccccc3O)c2[C@@H](c2cccc(Br)c2)N1C[C@@H]1CCCO1. The maximum atomic E-state index is 13.3. The second-order valence-electron chi connectivity index (χ2n) is 7.43. The predicted molar refractivity (Wildman–Crippen MR) is 112 cm³/mol. The van der Waals surface area contributed by atoms with E-state index >= 15 is 0 Å². The minimum Gasteiger partial charge on any atom is -0.507 e. The minimum atomic E-state index is -0.299. The number of hydrogen-bond acceptors (Lipinski definition) is 4.